The summed E-state index contributed by atoms with van der Waals surface area (Å²) in [4.78, 5) is 2.37. The summed E-state index contributed by atoms with van der Waals surface area (Å²) in [5.74, 6) is 0.719. The summed E-state index contributed by atoms with van der Waals surface area (Å²) in [6.07, 6.45) is 0. The second-order valence-electron chi connectivity index (χ2n) is 6.42. The van der Waals surface area contributed by atoms with E-state index in [0.29, 0.717) is 35.2 Å². The van der Waals surface area contributed by atoms with Crippen molar-refractivity contribution in [3.8, 4) is 11.5 Å². The molecule has 0 fully saturated rings. The average Bonchev–Trinajstić information content (AvgIpc) is 2.69. The second-order valence-corrected chi connectivity index (χ2v) is 6.83. The van der Waals surface area contributed by atoms with Gasteiger partial charge >= 0.3 is 0 Å². The van der Waals surface area contributed by atoms with Gasteiger partial charge in [0.1, 0.15) is 12.4 Å². The molecule has 8 heteroatoms. The monoisotopic (exact) mass is 480 g/mol. The number of nitrogens with zero attached hydrogens (tertiary/aromatic N) is 1. The molecule has 0 aliphatic rings. The van der Waals surface area contributed by atoms with E-state index in [1.165, 1.54) is 6.07 Å². The third-order valence-electron chi connectivity index (χ3n) is 4.53. The Morgan fingerprint density at radius 3 is 2.37 bits per heavy atom. The van der Waals surface area contributed by atoms with Crippen LogP contribution in [0.15, 0.2) is 36.4 Å². The van der Waals surface area contributed by atoms with Gasteiger partial charge in [0.15, 0.2) is 11.5 Å². The number of benzene rings is 2. The third-order valence-corrected chi connectivity index (χ3v) is 4.81. The Labute approximate surface area is 196 Å². The topological polar surface area (TPSA) is 33.7 Å². The van der Waals surface area contributed by atoms with Crippen molar-refractivity contribution in [1.29, 1.82) is 0 Å². The van der Waals surface area contributed by atoms with Crippen LogP contribution in [0.4, 0.5) is 4.39 Å². The Hall–Kier alpha value is -1.24. The molecule has 30 heavy (non-hydrogen) atoms. The number of rotatable bonds is 12. The molecule has 0 aliphatic carbocycles. The molecule has 0 radical (unpaired) electrons. The van der Waals surface area contributed by atoms with Gasteiger partial charge in [0.25, 0.3) is 0 Å². The molecule has 0 aliphatic heterocycles. The molecular formula is C22H32Cl3FN2O2. The lowest BCUT2D eigenvalue weighted by molar-refractivity contribution is 0.265. The number of hydrogen-bond acceptors (Lipinski definition) is 4. The smallest absolute Gasteiger partial charge is 0.180 e. The number of hydrogen-bond donors (Lipinski definition) is 1. The maximum Gasteiger partial charge on any atom is 0.180 e. The van der Waals surface area contributed by atoms with Crippen LogP contribution in [0.2, 0.25) is 5.02 Å². The molecule has 0 amide bonds. The molecule has 0 saturated carbocycles. The van der Waals surface area contributed by atoms with Crippen LogP contribution in [0.1, 0.15) is 31.9 Å². The predicted octanol–water partition coefficient (Wildman–Crippen LogP) is 5.73. The summed E-state index contributed by atoms with van der Waals surface area (Å²) in [6.45, 7) is 11.5. The molecule has 1 N–H and O–H groups in total. The van der Waals surface area contributed by atoms with Gasteiger partial charge in [-0.25, -0.2) is 4.39 Å². The van der Waals surface area contributed by atoms with Crippen molar-refractivity contribution in [3.63, 3.8) is 0 Å². The molecule has 2 aromatic rings. The molecule has 0 atom stereocenters. The second kappa shape index (κ2) is 15.5. The fourth-order valence-electron chi connectivity index (χ4n) is 2.90. The van der Waals surface area contributed by atoms with E-state index in [4.69, 9.17) is 21.1 Å². The van der Waals surface area contributed by atoms with E-state index in [1.54, 1.807) is 18.2 Å². The summed E-state index contributed by atoms with van der Waals surface area (Å²) >= 11 is 6.45. The maximum absolute atomic E-state index is 13.8. The van der Waals surface area contributed by atoms with Gasteiger partial charge < -0.3 is 19.7 Å². The van der Waals surface area contributed by atoms with Gasteiger partial charge in [0.05, 0.1) is 11.6 Å². The van der Waals surface area contributed by atoms with Crippen molar-refractivity contribution in [1.82, 2.24) is 10.2 Å². The predicted molar refractivity (Wildman–Crippen MR) is 127 cm³/mol. The summed E-state index contributed by atoms with van der Waals surface area (Å²) < 4.78 is 25.4. The molecule has 0 spiro atoms. The van der Waals surface area contributed by atoms with E-state index < -0.39 is 0 Å². The highest BCUT2D eigenvalue weighted by Crippen LogP contribution is 2.37. The highest BCUT2D eigenvalue weighted by molar-refractivity contribution is 6.32. The SMILES string of the molecule is CCOc1cc(CNCCN(CC)CC)cc(Cl)c1OCc1ccccc1F.Cl.Cl. The molecule has 0 bridgehead atoms. The normalized spacial score (nSPS) is 10.3. The Balaban J connectivity index is 0.00000420. The fraction of sp³-hybridized carbons (Fsp3) is 0.455. The van der Waals surface area contributed by atoms with Crippen LogP contribution in [0.3, 0.4) is 0 Å². The van der Waals surface area contributed by atoms with Crippen LogP contribution < -0.4 is 14.8 Å². The van der Waals surface area contributed by atoms with Gasteiger partial charge in [-0.3, -0.25) is 0 Å². The highest BCUT2D eigenvalue weighted by Gasteiger charge is 2.14. The minimum atomic E-state index is -0.300. The zero-order chi connectivity index (χ0) is 20.4. The molecule has 170 valence electrons. The molecule has 0 unspecified atom stereocenters. The van der Waals surface area contributed by atoms with Crippen molar-refractivity contribution >= 4 is 36.4 Å². The zero-order valence-corrected chi connectivity index (χ0v) is 20.1. The first-order chi connectivity index (χ1) is 13.6. The van der Waals surface area contributed by atoms with Crippen LogP contribution in [0, 0.1) is 5.82 Å². The molecule has 0 saturated heterocycles. The van der Waals surface area contributed by atoms with Gasteiger partial charge in [0.2, 0.25) is 0 Å². The summed E-state index contributed by atoms with van der Waals surface area (Å²) in [7, 11) is 0. The molecule has 0 aromatic heterocycles. The number of ether oxygens (including phenoxy) is 2. The van der Waals surface area contributed by atoms with Crippen molar-refractivity contribution in [2.45, 2.75) is 33.9 Å². The van der Waals surface area contributed by atoms with E-state index in [-0.39, 0.29) is 37.2 Å². The van der Waals surface area contributed by atoms with Gasteiger partial charge in [-0.15, -0.1) is 24.8 Å². The molecular weight excluding hydrogens is 450 g/mol. The van der Waals surface area contributed by atoms with Crippen LogP contribution in [-0.2, 0) is 13.2 Å². The summed E-state index contributed by atoms with van der Waals surface area (Å²) in [5.41, 5.74) is 1.49. The summed E-state index contributed by atoms with van der Waals surface area (Å²) in [5, 5.41) is 3.90. The summed E-state index contributed by atoms with van der Waals surface area (Å²) in [6, 6.07) is 10.3. The van der Waals surface area contributed by atoms with Crippen LogP contribution in [0.5, 0.6) is 11.5 Å². The number of nitrogens with one attached hydrogen (secondary N) is 1. The largest absolute Gasteiger partial charge is 0.490 e. The van der Waals surface area contributed by atoms with Crippen molar-refractivity contribution in [2.75, 3.05) is 32.8 Å². The van der Waals surface area contributed by atoms with Crippen molar-refractivity contribution in [2.24, 2.45) is 0 Å². The third kappa shape index (κ3) is 8.86. The zero-order valence-electron chi connectivity index (χ0n) is 17.7. The Morgan fingerprint density at radius 2 is 1.73 bits per heavy atom. The van der Waals surface area contributed by atoms with Crippen LogP contribution >= 0.6 is 36.4 Å². The van der Waals surface area contributed by atoms with Crippen molar-refractivity contribution < 1.29 is 13.9 Å². The van der Waals surface area contributed by atoms with Crippen molar-refractivity contribution in [3.05, 3.63) is 58.4 Å². The Bertz CT molecular complexity index is 746. The number of likely N-dealkylation sites (N-methyl/N-ethyl adjacent to an activating group) is 1. The van der Waals surface area contributed by atoms with Gasteiger partial charge in [-0.1, -0.05) is 43.6 Å². The van der Waals surface area contributed by atoms with Gasteiger partial charge in [0, 0.05) is 25.2 Å². The number of halogens is 4. The molecule has 0 heterocycles. The first kappa shape index (κ1) is 28.8. The van der Waals surface area contributed by atoms with E-state index in [1.807, 2.05) is 19.1 Å². The van der Waals surface area contributed by atoms with E-state index in [9.17, 15) is 4.39 Å². The fourth-order valence-corrected chi connectivity index (χ4v) is 3.19. The van der Waals surface area contributed by atoms with Gasteiger partial charge in [-0.05, 0) is 43.8 Å². The molecule has 2 aromatic carbocycles. The minimum absolute atomic E-state index is 0. The van der Waals surface area contributed by atoms with E-state index in [0.717, 1.165) is 31.7 Å². The van der Waals surface area contributed by atoms with Gasteiger partial charge in [-0.2, -0.15) is 0 Å². The first-order valence-corrected chi connectivity index (χ1v) is 10.2. The molecule has 4 nitrogen and oxygen atoms in total. The lowest BCUT2D eigenvalue weighted by Crippen LogP contribution is -2.31. The Morgan fingerprint density at radius 1 is 1.03 bits per heavy atom. The lowest BCUT2D eigenvalue weighted by Gasteiger charge is -2.18. The maximum atomic E-state index is 13.8. The quantitative estimate of drug-likeness (QED) is 0.392. The Kier molecular flexibility index (Phi) is 14.9. The average molecular weight is 482 g/mol. The first-order valence-electron chi connectivity index (χ1n) is 9.83. The van der Waals surface area contributed by atoms with E-state index in [2.05, 4.69) is 24.1 Å². The molecule has 2 rings (SSSR count). The lowest BCUT2D eigenvalue weighted by atomic mass is 10.2. The standard InChI is InChI=1S/C22H30ClFN2O2.2ClH/c1-4-26(5-2)12-11-25-15-17-13-19(23)22(21(14-17)27-6-3)28-16-18-9-7-8-10-20(18)24;;/h7-10,13-14,25H,4-6,11-12,15-16H2,1-3H3;2*1H. The highest BCUT2D eigenvalue weighted by atomic mass is 35.5. The minimum Gasteiger partial charge on any atom is -0.490 e. The van der Waals surface area contributed by atoms with Crippen LogP contribution in [-0.4, -0.2) is 37.7 Å². The van der Waals surface area contributed by atoms with Crippen LogP contribution in [0.25, 0.3) is 0 Å². The van der Waals surface area contributed by atoms with E-state index >= 15 is 0 Å².